The molecule has 0 aliphatic carbocycles. The second-order valence-electron chi connectivity index (χ2n) is 5.57. The molecular weight excluding hydrogens is 284 g/mol. The summed E-state index contributed by atoms with van der Waals surface area (Å²) in [6.45, 7) is 6.44. The lowest BCUT2D eigenvalue weighted by molar-refractivity contribution is -0.114. The number of carbonyl (C=O) groups is 2. The van der Waals surface area contributed by atoms with Crippen LogP contribution in [0.15, 0.2) is 23.6 Å². The second kappa shape index (κ2) is 5.07. The molecule has 0 unspecified atom stereocenters. The lowest BCUT2D eigenvalue weighted by atomic mass is 10.1. The van der Waals surface area contributed by atoms with Crippen molar-refractivity contribution in [1.29, 1.82) is 0 Å². The first-order valence-electron chi connectivity index (χ1n) is 6.88. The number of rotatable bonds is 3. The molecule has 3 rings (SSSR count). The Morgan fingerprint density at radius 2 is 2.05 bits per heavy atom. The molecule has 0 bridgehead atoms. The number of ketones is 1. The van der Waals surface area contributed by atoms with Crippen LogP contribution in [0.2, 0.25) is 0 Å². The topological polar surface area (TPSA) is 50.3 Å². The van der Waals surface area contributed by atoms with Gasteiger partial charge in [-0.05, 0) is 19.1 Å². The lowest BCUT2D eigenvalue weighted by Gasteiger charge is -2.15. The van der Waals surface area contributed by atoms with Crippen molar-refractivity contribution in [3.05, 3.63) is 45.4 Å². The minimum atomic E-state index is -0.463. The molecule has 2 aromatic rings. The maximum atomic E-state index is 12.2. The van der Waals surface area contributed by atoms with Crippen molar-refractivity contribution in [2.75, 3.05) is 4.90 Å². The zero-order valence-electron chi connectivity index (χ0n) is 12.2. The summed E-state index contributed by atoms with van der Waals surface area (Å²) in [6.07, 6.45) is 0. The molecule has 0 fully saturated rings. The van der Waals surface area contributed by atoms with E-state index in [2.05, 4.69) is 18.8 Å². The molecule has 1 aromatic carbocycles. The third kappa shape index (κ3) is 2.38. The fraction of sp³-hybridized carbons (Fsp3) is 0.312. The molecule has 0 N–H and O–H groups in total. The molecule has 0 spiro atoms. The standard InChI is InChI=1S/C16H16N2O2S/c1-9(2)15-17-11(8-21-15)7-18-13-5-4-10(3)6-12(13)14(19)16(18)20/h4-6,8-9H,7H2,1-3H3. The molecule has 21 heavy (non-hydrogen) atoms. The maximum absolute atomic E-state index is 12.2. The van der Waals surface area contributed by atoms with Crippen LogP contribution in [0.25, 0.3) is 0 Å². The summed E-state index contributed by atoms with van der Waals surface area (Å²) in [5, 5.41) is 3.01. The summed E-state index contributed by atoms with van der Waals surface area (Å²) in [7, 11) is 0. The van der Waals surface area contributed by atoms with Crippen LogP contribution in [0.4, 0.5) is 5.69 Å². The van der Waals surface area contributed by atoms with E-state index in [1.807, 2.05) is 24.4 Å². The highest BCUT2D eigenvalue weighted by molar-refractivity contribution is 7.09. The van der Waals surface area contributed by atoms with E-state index in [9.17, 15) is 9.59 Å². The molecule has 1 aliphatic rings. The van der Waals surface area contributed by atoms with Gasteiger partial charge in [-0.25, -0.2) is 4.98 Å². The van der Waals surface area contributed by atoms with Gasteiger partial charge < -0.3 is 0 Å². The van der Waals surface area contributed by atoms with Crippen molar-refractivity contribution < 1.29 is 9.59 Å². The third-order valence-electron chi connectivity index (χ3n) is 3.51. The normalized spacial score (nSPS) is 14.2. The Morgan fingerprint density at radius 1 is 1.29 bits per heavy atom. The highest BCUT2D eigenvalue weighted by Gasteiger charge is 2.36. The van der Waals surface area contributed by atoms with Crippen molar-refractivity contribution in [2.45, 2.75) is 33.2 Å². The van der Waals surface area contributed by atoms with Crippen LogP contribution in [-0.2, 0) is 11.3 Å². The van der Waals surface area contributed by atoms with E-state index in [1.165, 1.54) is 4.90 Å². The molecule has 0 saturated carbocycles. The number of nitrogens with zero attached hydrogens (tertiary/aromatic N) is 2. The molecule has 2 heterocycles. The Kier molecular flexibility index (Phi) is 3.37. The Balaban J connectivity index is 1.92. The van der Waals surface area contributed by atoms with Gasteiger partial charge in [-0.3, -0.25) is 14.5 Å². The summed E-state index contributed by atoms with van der Waals surface area (Å²) in [5.74, 6) is -0.516. The van der Waals surface area contributed by atoms with Crippen LogP contribution in [0, 0.1) is 6.92 Å². The molecule has 1 aliphatic heterocycles. The van der Waals surface area contributed by atoms with Crippen LogP contribution < -0.4 is 4.90 Å². The summed E-state index contributed by atoms with van der Waals surface area (Å²) < 4.78 is 0. The number of aryl methyl sites for hydroxylation is 1. The van der Waals surface area contributed by atoms with Gasteiger partial charge in [0.15, 0.2) is 0 Å². The van der Waals surface area contributed by atoms with Gasteiger partial charge in [-0.2, -0.15) is 0 Å². The van der Waals surface area contributed by atoms with Crippen LogP contribution >= 0.6 is 11.3 Å². The number of hydrogen-bond acceptors (Lipinski definition) is 4. The van der Waals surface area contributed by atoms with Crippen LogP contribution in [0.3, 0.4) is 0 Å². The van der Waals surface area contributed by atoms with E-state index in [0.717, 1.165) is 16.3 Å². The highest BCUT2D eigenvalue weighted by atomic mass is 32.1. The van der Waals surface area contributed by atoms with Gasteiger partial charge in [-0.1, -0.05) is 25.5 Å². The van der Waals surface area contributed by atoms with Gasteiger partial charge in [0.1, 0.15) is 0 Å². The Hall–Kier alpha value is -2.01. The first-order valence-corrected chi connectivity index (χ1v) is 7.76. The number of fused-ring (bicyclic) bond motifs is 1. The average molecular weight is 300 g/mol. The van der Waals surface area contributed by atoms with Gasteiger partial charge in [0.05, 0.1) is 28.5 Å². The third-order valence-corrected chi connectivity index (χ3v) is 4.70. The van der Waals surface area contributed by atoms with Gasteiger partial charge in [-0.15, -0.1) is 11.3 Å². The van der Waals surface area contributed by atoms with Gasteiger partial charge >= 0.3 is 0 Å². The van der Waals surface area contributed by atoms with E-state index in [4.69, 9.17) is 0 Å². The Bertz CT molecular complexity index is 734. The van der Waals surface area contributed by atoms with Crippen molar-refractivity contribution in [1.82, 2.24) is 4.98 Å². The van der Waals surface area contributed by atoms with Crippen molar-refractivity contribution in [3.63, 3.8) is 0 Å². The van der Waals surface area contributed by atoms with Crippen LogP contribution in [-0.4, -0.2) is 16.7 Å². The minimum Gasteiger partial charge on any atom is -0.299 e. The molecule has 0 radical (unpaired) electrons. The first-order chi connectivity index (χ1) is 9.97. The summed E-state index contributed by atoms with van der Waals surface area (Å²) >= 11 is 1.59. The van der Waals surface area contributed by atoms with Crippen molar-refractivity contribution in [3.8, 4) is 0 Å². The monoisotopic (exact) mass is 300 g/mol. The van der Waals surface area contributed by atoms with Crippen molar-refractivity contribution in [2.24, 2.45) is 0 Å². The van der Waals surface area contributed by atoms with Crippen LogP contribution in [0.5, 0.6) is 0 Å². The first kappa shape index (κ1) is 13.9. The lowest BCUT2D eigenvalue weighted by Crippen LogP contribution is -2.29. The van der Waals surface area contributed by atoms with E-state index < -0.39 is 11.7 Å². The zero-order valence-corrected chi connectivity index (χ0v) is 13.0. The zero-order chi connectivity index (χ0) is 15.1. The fourth-order valence-electron chi connectivity index (χ4n) is 2.39. The van der Waals surface area contributed by atoms with E-state index >= 15 is 0 Å². The minimum absolute atomic E-state index is 0.351. The number of aromatic nitrogens is 1. The average Bonchev–Trinajstić information content (AvgIpc) is 2.99. The summed E-state index contributed by atoms with van der Waals surface area (Å²) in [5.41, 5.74) is 3.00. The number of amides is 1. The second-order valence-corrected chi connectivity index (χ2v) is 6.46. The number of hydrogen-bond donors (Lipinski definition) is 0. The Labute approximate surface area is 127 Å². The van der Waals surface area contributed by atoms with Gasteiger partial charge in [0, 0.05) is 11.3 Å². The van der Waals surface area contributed by atoms with E-state index in [-0.39, 0.29) is 0 Å². The van der Waals surface area contributed by atoms with E-state index in [1.54, 1.807) is 17.4 Å². The molecule has 1 amide bonds. The molecule has 5 heteroatoms. The molecule has 1 aromatic heterocycles. The number of carbonyl (C=O) groups excluding carboxylic acids is 2. The Morgan fingerprint density at radius 3 is 2.71 bits per heavy atom. The predicted molar refractivity (Wildman–Crippen MR) is 82.9 cm³/mol. The summed E-state index contributed by atoms with van der Waals surface area (Å²) in [6, 6.07) is 5.53. The molecule has 4 nitrogen and oxygen atoms in total. The predicted octanol–water partition coefficient (Wildman–Crippen LogP) is 3.30. The molecule has 0 saturated heterocycles. The summed E-state index contributed by atoms with van der Waals surface area (Å²) in [4.78, 5) is 30.3. The SMILES string of the molecule is Cc1ccc2c(c1)C(=O)C(=O)N2Cc1csc(C(C)C)n1. The fourth-order valence-corrected chi connectivity index (χ4v) is 3.22. The number of thiazole rings is 1. The number of benzene rings is 1. The van der Waals surface area contributed by atoms with E-state index in [0.29, 0.717) is 23.7 Å². The molecular formula is C16H16N2O2S. The number of Topliss-reactive ketones (excluding diaryl/α,β-unsaturated/α-hetero) is 1. The van der Waals surface area contributed by atoms with Gasteiger partial charge in [0.2, 0.25) is 0 Å². The van der Waals surface area contributed by atoms with Gasteiger partial charge in [0.25, 0.3) is 11.7 Å². The molecule has 0 atom stereocenters. The quantitative estimate of drug-likeness (QED) is 0.817. The maximum Gasteiger partial charge on any atom is 0.299 e. The largest absolute Gasteiger partial charge is 0.299 e. The smallest absolute Gasteiger partial charge is 0.299 e. The van der Waals surface area contributed by atoms with Crippen molar-refractivity contribution >= 4 is 28.7 Å². The molecule has 108 valence electrons. The number of anilines is 1. The van der Waals surface area contributed by atoms with Crippen LogP contribution in [0.1, 0.15) is 46.4 Å². The highest BCUT2D eigenvalue weighted by Crippen LogP contribution is 2.31.